The third-order valence-corrected chi connectivity index (χ3v) is 5.60. The van der Waals surface area contributed by atoms with Crippen molar-refractivity contribution in [1.82, 2.24) is 9.88 Å². The Morgan fingerprint density at radius 1 is 1.29 bits per heavy atom. The summed E-state index contributed by atoms with van der Waals surface area (Å²) in [6.45, 7) is 9.35. The van der Waals surface area contributed by atoms with E-state index in [9.17, 15) is 9.59 Å². The number of nitrogens with one attached hydrogen (secondary N) is 2. The first-order valence-electron chi connectivity index (χ1n) is 9.88. The number of benzene rings is 1. The highest BCUT2D eigenvalue weighted by atomic mass is 79.9. The van der Waals surface area contributed by atoms with Crippen LogP contribution in [0.1, 0.15) is 44.1 Å². The van der Waals surface area contributed by atoms with Gasteiger partial charge in [0.2, 0.25) is 5.91 Å². The predicted octanol–water partition coefficient (Wildman–Crippen LogP) is 4.41. The van der Waals surface area contributed by atoms with E-state index < -0.39 is 5.97 Å². The largest absolute Gasteiger partial charge is 0.461 e. The first kappa shape index (κ1) is 20.9. The molecule has 2 atom stereocenters. The van der Waals surface area contributed by atoms with E-state index in [1.807, 2.05) is 18.2 Å². The summed E-state index contributed by atoms with van der Waals surface area (Å²) in [4.78, 5) is 30.5. The van der Waals surface area contributed by atoms with Gasteiger partial charge in [0.25, 0.3) is 0 Å². The van der Waals surface area contributed by atoms with Gasteiger partial charge in [-0.3, -0.25) is 4.79 Å². The molecule has 28 heavy (non-hydrogen) atoms. The van der Waals surface area contributed by atoms with Crippen LogP contribution in [0, 0.1) is 11.8 Å². The highest BCUT2D eigenvalue weighted by Crippen LogP contribution is 2.31. The molecule has 152 valence electrons. The number of ether oxygens (including phenoxy) is 1. The van der Waals surface area contributed by atoms with Gasteiger partial charge in [0.1, 0.15) is 5.69 Å². The van der Waals surface area contributed by atoms with Gasteiger partial charge in [0.15, 0.2) is 0 Å². The molecule has 7 heteroatoms. The van der Waals surface area contributed by atoms with Crippen LogP contribution >= 0.6 is 15.9 Å². The van der Waals surface area contributed by atoms with E-state index in [0.717, 1.165) is 35.0 Å². The quantitative estimate of drug-likeness (QED) is 0.640. The molecule has 2 aromatic rings. The van der Waals surface area contributed by atoms with Crippen LogP contribution in [0.5, 0.6) is 0 Å². The highest BCUT2D eigenvalue weighted by Gasteiger charge is 2.24. The number of hydrogen-bond donors (Lipinski definition) is 2. The van der Waals surface area contributed by atoms with Gasteiger partial charge in [0.05, 0.1) is 12.3 Å². The minimum absolute atomic E-state index is 0.0997. The van der Waals surface area contributed by atoms with E-state index in [1.165, 1.54) is 6.42 Å². The van der Waals surface area contributed by atoms with Crippen molar-refractivity contribution in [1.29, 1.82) is 0 Å². The predicted molar refractivity (Wildman–Crippen MR) is 115 cm³/mol. The number of hydrogen-bond acceptors (Lipinski definition) is 4. The third-order valence-electron chi connectivity index (χ3n) is 5.10. The van der Waals surface area contributed by atoms with Crippen LogP contribution in [-0.4, -0.2) is 48.0 Å². The average Bonchev–Trinajstić information content (AvgIpc) is 2.97. The van der Waals surface area contributed by atoms with E-state index in [4.69, 9.17) is 4.74 Å². The molecule has 1 amide bonds. The smallest absolute Gasteiger partial charge is 0.356 e. The number of anilines is 1. The number of aromatic nitrogens is 1. The number of likely N-dealkylation sites (tertiary alicyclic amines) is 1. The first-order valence-corrected chi connectivity index (χ1v) is 10.7. The van der Waals surface area contributed by atoms with E-state index in [0.29, 0.717) is 23.9 Å². The van der Waals surface area contributed by atoms with Crippen LogP contribution in [0.2, 0.25) is 0 Å². The summed E-state index contributed by atoms with van der Waals surface area (Å²) in [5.41, 5.74) is 1.55. The van der Waals surface area contributed by atoms with E-state index in [-0.39, 0.29) is 18.2 Å². The number of carbonyl (C=O) groups is 2. The number of piperidine rings is 1. The van der Waals surface area contributed by atoms with Gasteiger partial charge in [-0.05, 0) is 43.4 Å². The van der Waals surface area contributed by atoms with Gasteiger partial charge in [-0.25, -0.2) is 4.79 Å². The molecule has 1 fully saturated rings. The molecule has 0 saturated carbocycles. The van der Waals surface area contributed by atoms with E-state index in [1.54, 1.807) is 6.92 Å². The summed E-state index contributed by atoms with van der Waals surface area (Å²) in [5.74, 6) is 0.752. The molecule has 0 unspecified atom stereocenters. The second-order valence-electron chi connectivity index (χ2n) is 7.79. The molecule has 1 aromatic heterocycles. The Morgan fingerprint density at radius 2 is 2.00 bits per heavy atom. The lowest BCUT2D eigenvalue weighted by molar-refractivity contribution is -0.116. The number of aromatic amines is 1. The summed E-state index contributed by atoms with van der Waals surface area (Å²) in [5, 5.41) is 3.73. The lowest BCUT2D eigenvalue weighted by atomic mass is 9.92. The molecule has 2 N–H and O–H groups in total. The van der Waals surface area contributed by atoms with Crippen molar-refractivity contribution in [2.24, 2.45) is 11.8 Å². The number of nitrogens with zero attached hydrogens (tertiary/aromatic N) is 1. The summed E-state index contributed by atoms with van der Waals surface area (Å²) in [6, 6.07) is 5.64. The maximum absolute atomic E-state index is 12.7. The first-order chi connectivity index (χ1) is 13.4. The van der Waals surface area contributed by atoms with Crippen LogP contribution in [0.15, 0.2) is 22.7 Å². The van der Waals surface area contributed by atoms with Crippen LogP contribution in [-0.2, 0) is 9.53 Å². The zero-order valence-corrected chi connectivity index (χ0v) is 18.3. The number of rotatable bonds is 6. The fourth-order valence-corrected chi connectivity index (χ4v) is 4.45. The molecule has 0 aliphatic carbocycles. The Labute approximate surface area is 174 Å². The second-order valence-corrected chi connectivity index (χ2v) is 8.70. The molecule has 3 rings (SSSR count). The number of esters is 1. The summed E-state index contributed by atoms with van der Waals surface area (Å²) in [7, 11) is 0. The number of H-pyrrole nitrogens is 1. The van der Waals surface area contributed by atoms with Crippen LogP contribution in [0.3, 0.4) is 0 Å². The molecule has 1 aliphatic rings. The molecule has 1 aromatic carbocycles. The average molecular weight is 450 g/mol. The minimum Gasteiger partial charge on any atom is -0.461 e. The molecule has 1 saturated heterocycles. The topological polar surface area (TPSA) is 74.4 Å². The number of amides is 1. The van der Waals surface area contributed by atoms with Gasteiger partial charge in [0, 0.05) is 41.4 Å². The molecular formula is C21H28BrN3O3. The van der Waals surface area contributed by atoms with Crippen molar-refractivity contribution in [2.75, 3.05) is 31.6 Å². The lowest BCUT2D eigenvalue weighted by Gasteiger charge is -2.34. The summed E-state index contributed by atoms with van der Waals surface area (Å²) < 4.78 is 6.02. The van der Waals surface area contributed by atoms with Crippen LogP contribution in [0.4, 0.5) is 5.69 Å². The molecule has 0 spiro atoms. The van der Waals surface area contributed by atoms with Crippen molar-refractivity contribution in [2.45, 2.75) is 33.6 Å². The minimum atomic E-state index is -0.469. The van der Waals surface area contributed by atoms with E-state index >= 15 is 0 Å². The molecule has 0 radical (unpaired) electrons. The third kappa shape index (κ3) is 4.94. The summed E-state index contributed by atoms with van der Waals surface area (Å²) in [6.07, 6.45) is 1.64. The molecule has 0 bridgehead atoms. The number of halogens is 1. The van der Waals surface area contributed by atoms with Gasteiger partial charge >= 0.3 is 5.97 Å². The van der Waals surface area contributed by atoms with Crippen molar-refractivity contribution in [3.05, 3.63) is 28.4 Å². The van der Waals surface area contributed by atoms with Crippen LogP contribution in [0.25, 0.3) is 10.9 Å². The van der Waals surface area contributed by atoms with Crippen molar-refractivity contribution in [3.63, 3.8) is 0 Å². The normalized spacial score (nSPS) is 20.3. The van der Waals surface area contributed by atoms with Crippen LogP contribution < -0.4 is 5.32 Å². The molecule has 2 heterocycles. The SMILES string of the molecule is CCOC(=O)c1[nH]c2ccc(Br)cc2c1NC(=O)CCN1C[C@H](C)C[C@@H](C)C1. The highest BCUT2D eigenvalue weighted by molar-refractivity contribution is 9.10. The van der Waals surface area contributed by atoms with Crippen molar-refractivity contribution < 1.29 is 14.3 Å². The Bertz CT molecular complexity index is 854. The van der Waals surface area contributed by atoms with Gasteiger partial charge in [-0.15, -0.1) is 0 Å². The standard InChI is InChI=1S/C21H28BrN3O3/c1-4-28-21(27)20-19(16-10-15(22)5-6-17(16)23-20)24-18(26)7-8-25-11-13(2)9-14(3)12-25/h5-6,10,13-14,23H,4,7-9,11-12H2,1-3H3,(H,24,26)/t13-,14-/m1/s1. The Hall–Kier alpha value is -1.86. The maximum atomic E-state index is 12.7. The number of carbonyl (C=O) groups excluding carboxylic acids is 2. The fourth-order valence-electron chi connectivity index (χ4n) is 4.09. The lowest BCUT2D eigenvalue weighted by Crippen LogP contribution is -2.40. The van der Waals surface area contributed by atoms with Crippen molar-refractivity contribution in [3.8, 4) is 0 Å². The zero-order chi connectivity index (χ0) is 20.3. The summed E-state index contributed by atoms with van der Waals surface area (Å²) >= 11 is 3.45. The molecule has 1 aliphatic heterocycles. The Morgan fingerprint density at radius 3 is 2.68 bits per heavy atom. The molecule has 6 nitrogen and oxygen atoms in total. The van der Waals surface area contributed by atoms with Crippen molar-refractivity contribution >= 4 is 44.4 Å². The Balaban J connectivity index is 1.74. The monoisotopic (exact) mass is 449 g/mol. The van der Waals surface area contributed by atoms with Gasteiger partial charge in [-0.1, -0.05) is 29.8 Å². The van der Waals surface area contributed by atoms with Gasteiger partial charge in [-0.2, -0.15) is 0 Å². The Kier molecular flexibility index (Phi) is 6.78. The number of fused-ring (bicyclic) bond motifs is 1. The van der Waals surface area contributed by atoms with Gasteiger partial charge < -0.3 is 19.9 Å². The fraction of sp³-hybridized carbons (Fsp3) is 0.524. The molecular weight excluding hydrogens is 422 g/mol. The maximum Gasteiger partial charge on any atom is 0.356 e. The zero-order valence-electron chi connectivity index (χ0n) is 16.7. The second kappa shape index (κ2) is 9.09. The van der Waals surface area contributed by atoms with E-state index in [2.05, 4.69) is 45.0 Å².